The molecular formula is C12H21NS2. The summed E-state index contributed by atoms with van der Waals surface area (Å²) in [5, 5.41) is 2.15. The monoisotopic (exact) mass is 243 g/mol. The molecular weight excluding hydrogens is 222 g/mol. The highest BCUT2D eigenvalue weighted by Gasteiger charge is 2.00. The molecule has 0 unspecified atom stereocenters. The summed E-state index contributed by atoms with van der Waals surface area (Å²) in [7, 11) is 2.21. The van der Waals surface area contributed by atoms with Crippen LogP contribution in [0.25, 0.3) is 0 Å². The molecule has 1 nitrogen and oxygen atoms in total. The molecule has 15 heavy (non-hydrogen) atoms. The van der Waals surface area contributed by atoms with Gasteiger partial charge in [-0.2, -0.15) is 12.6 Å². The highest BCUT2D eigenvalue weighted by atomic mass is 32.1. The van der Waals surface area contributed by atoms with Crippen molar-refractivity contribution in [3.8, 4) is 0 Å². The summed E-state index contributed by atoms with van der Waals surface area (Å²) in [5.41, 5.74) is 0. The third kappa shape index (κ3) is 6.23. The van der Waals surface area contributed by atoms with Crippen molar-refractivity contribution in [1.82, 2.24) is 4.90 Å². The minimum atomic E-state index is 1.03. The second-order valence-electron chi connectivity index (χ2n) is 3.95. The van der Waals surface area contributed by atoms with E-state index in [-0.39, 0.29) is 0 Å². The van der Waals surface area contributed by atoms with Crippen LogP contribution < -0.4 is 0 Å². The Morgan fingerprint density at radius 2 is 2.07 bits per heavy atom. The van der Waals surface area contributed by atoms with Gasteiger partial charge in [-0.15, -0.1) is 11.3 Å². The zero-order valence-corrected chi connectivity index (χ0v) is 11.2. The quantitative estimate of drug-likeness (QED) is 0.538. The van der Waals surface area contributed by atoms with Crippen molar-refractivity contribution in [3.63, 3.8) is 0 Å². The van der Waals surface area contributed by atoms with E-state index in [1.807, 2.05) is 11.3 Å². The molecule has 86 valence electrons. The van der Waals surface area contributed by atoms with Gasteiger partial charge in [-0.25, -0.2) is 0 Å². The second kappa shape index (κ2) is 8.20. The summed E-state index contributed by atoms with van der Waals surface area (Å²) in [4.78, 5) is 3.87. The minimum Gasteiger partial charge on any atom is -0.301 e. The van der Waals surface area contributed by atoms with Gasteiger partial charge in [0.25, 0.3) is 0 Å². The molecule has 0 spiro atoms. The number of hydrogen-bond donors (Lipinski definition) is 1. The van der Waals surface area contributed by atoms with E-state index < -0.39 is 0 Å². The number of rotatable bonds is 8. The lowest BCUT2D eigenvalue weighted by molar-refractivity contribution is 0.320. The Morgan fingerprint density at radius 1 is 1.27 bits per heavy atom. The normalized spacial score (nSPS) is 11.1. The van der Waals surface area contributed by atoms with Crippen molar-refractivity contribution in [2.75, 3.05) is 19.3 Å². The maximum atomic E-state index is 4.21. The molecule has 1 aromatic heterocycles. The lowest BCUT2D eigenvalue weighted by Crippen LogP contribution is -2.18. The van der Waals surface area contributed by atoms with Gasteiger partial charge >= 0.3 is 0 Å². The number of unbranched alkanes of at least 4 members (excludes halogenated alkanes) is 3. The molecule has 1 aromatic rings. The number of thiophene rings is 1. The van der Waals surface area contributed by atoms with E-state index in [0.717, 1.165) is 12.3 Å². The maximum absolute atomic E-state index is 4.21. The van der Waals surface area contributed by atoms with Gasteiger partial charge in [-0.3, -0.25) is 0 Å². The van der Waals surface area contributed by atoms with E-state index in [0.29, 0.717) is 0 Å². The van der Waals surface area contributed by atoms with Crippen LogP contribution in [-0.4, -0.2) is 24.2 Å². The molecule has 0 radical (unpaired) electrons. The molecule has 0 fully saturated rings. The summed E-state index contributed by atoms with van der Waals surface area (Å²) in [5.74, 6) is 1.03. The summed E-state index contributed by atoms with van der Waals surface area (Å²) in [6.45, 7) is 2.31. The van der Waals surface area contributed by atoms with Crippen LogP contribution in [0.3, 0.4) is 0 Å². The van der Waals surface area contributed by atoms with Gasteiger partial charge < -0.3 is 4.90 Å². The first-order valence-corrected chi connectivity index (χ1v) is 7.16. The third-order valence-electron chi connectivity index (χ3n) is 2.45. The van der Waals surface area contributed by atoms with Gasteiger partial charge in [-0.1, -0.05) is 18.9 Å². The van der Waals surface area contributed by atoms with E-state index in [1.54, 1.807) is 0 Å². The first kappa shape index (κ1) is 13.1. The molecule has 0 saturated carbocycles. The molecule has 1 rings (SSSR count). The predicted molar refractivity (Wildman–Crippen MR) is 73.0 cm³/mol. The van der Waals surface area contributed by atoms with Crippen LogP contribution in [0.5, 0.6) is 0 Å². The maximum Gasteiger partial charge on any atom is 0.0324 e. The molecule has 3 heteroatoms. The molecule has 0 aliphatic carbocycles. The number of hydrogen-bond acceptors (Lipinski definition) is 3. The molecule has 0 bridgehead atoms. The standard InChI is InChI=1S/C12H21NS2/c1-13(8-4-2-3-5-9-14)11-12-7-6-10-15-12/h6-7,10,14H,2-5,8-9,11H2,1H3. The minimum absolute atomic E-state index is 1.03. The van der Waals surface area contributed by atoms with E-state index >= 15 is 0 Å². The SMILES string of the molecule is CN(CCCCCCS)Cc1cccs1. The van der Waals surface area contributed by atoms with Gasteiger partial charge in [-0.05, 0) is 43.6 Å². The Hall–Kier alpha value is 0.01000. The highest BCUT2D eigenvalue weighted by Crippen LogP contribution is 2.11. The van der Waals surface area contributed by atoms with Crippen molar-refractivity contribution in [2.24, 2.45) is 0 Å². The lowest BCUT2D eigenvalue weighted by Gasteiger charge is -2.15. The summed E-state index contributed by atoms with van der Waals surface area (Å²) in [6, 6.07) is 4.34. The summed E-state index contributed by atoms with van der Waals surface area (Å²) in [6.07, 6.45) is 5.25. The lowest BCUT2D eigenvalue weighted by atomic mass is 10.2. The van der Waals surface area contributed by atoms with Crippen molar-refractivity contribution in [2.45, 2.75) is 32.2 Å². The van der Waals surface area contributed by atoms with E-state index in [9.17, 15) is 0 Å². The van der Waals surface area contributed by atoms with Gasteiger partial charge in [0.15, 0.2) is 0 Å². The van der Waals surface area contributed by atoms with E-state index in [4.69, 9.17) is 0 Å². The van der Waals surface area contributed by atoms with Crippen LogP contribution in [-0.2, 0) is 6.54 Å². The van der Waals surface area contributed by atoms with Crippen molar-refractivity contribution >= 4 is 24.0 Å². The summed E-state index contributed by atoms with van der Waals surface area (Å²) < 4.78 is 0. The Morgan fingerprint density at radius 3 is 2.73 bits per heavy atom. The van der Waals surface area contributed by atoms with Crippen LogP contribution in [0, 0.1) is 0 Å². The summed E-state index contributed by atoms with van der Waals surface area (Å²) >= 11 is 6.06. The largest absolute Gasteiger partial charge is 0.301 e. The van der Waals surface area contributed by atoms with Gasteiger partial charge in [0.2, 0.25) is 0 Å². The second-order valence-corrected chi connectivity index (χ2v) is 5.43. The van der Waals surface area contributed by atoms with Crippen molar-refractivity contribution in [1.29, 1.82) is 0 Å². The highest BCUT2D eigenvalue weighted by molar-refractivity contribution is 7.80. The van der Waals surface area contributed by atoms with Crippen LogP contribution in [0.1, 0.15) is 30.6 Å². The van der Waals surface area contributed by atoms with E-state index in [2.05, 4.69) is 42.1 Å². The zero-order valence-electron chi connectivity index (χ0n) is 9.48. The first-order chi connectivity index (χ1) is 7.33. The van der Waals surface area contributed by atoms with Crippen molar-refractivity contribution < 1.29 is 0 Å². The van der Waals surface area contributed by atoms with E-state index in [1.165, 1.54) is 37.1 Å². The van der Waals surface area contributed by atoms with Gasteiger partial charge in [0.05, 0.1) is 0 Å². The molecule has 0 amide bonds. The molecule has 1 heterocycles. The fourth-order valence-corrected chi connectivity index (χ4v) is 2.60. The zero-order chi connectivity index (χ0) is 10.9. The molecule has 0 aliphatic rings. The topological polar surface area (TPSA) is 3.24 Å². The fourth-order valence-electron chi connectivity index (χ4n) is 1.59. The number of thiol groups is 1. The smallest absolute Gasteiger partial charge is 0.0324 e. The first-order valence-electron chi connectivity index (χ1n) is 5.64. The molecule has 0 saturated heterocycles. The van der Waals surface area contributed by atoms with Crippen LogP contribution in [0.15, 0.2) is 17.5 Å². The van der Waals surface area contributed by atoms with Crippen LogP contribution in [0.2, 0.25) is 0 Å². The predicted octanol–water partition coefficient (Wildman–Crippen LogP) is 3.67. The fraction of sp³-hybridized carbons (Fsp3) is 0.667. The Kier molecular flexibility index (Phi) is 7.14. The van der Waals surface area contributed by atoms with Crippen molar-refractivity contribution in [3.05, 3.63) is 22.4 Å². The molecule has 0 aromatic carbocycles. The van der Waals surface area contributed by atoms with Gasteiger partial charge in [0, 0.05) is 11.4 Å². The number of nitrogens with zero attached hydrogens (tertiary/aromatic N) is 1. The Bertz CT molecular complexity index is 234. The molecule has 0 aliphatic heterocycles. The Balaban J connectivity index is 2.01. The molecule has 0 N–H and O–H groups in total. The average Bonchev–Trinajstić information content (AvgIpc) is 2.70. The Labute approximate surface area is 103 Å². The third-order valence-corrected chi connectivity index (χ3v) is 3.63. The average molecular weight is 243 g/mol. The molecule has 0 atom stereocenters. The van der Waals surface area contributed by atoms with Gasteiger partial charge in [0.1, 0.15) is 0 Å². The van der Waals surface area contributed by atoms with Crippen LogP contribution >= 0.6 is 24.0 Å². The van der Waals surface area contributed by atoms with Crippen LogP contribution in [0.4, 0.5) is 0 Å².